The molecule has 0 saturated heterocycles. The van der Waals surface area contributed by atoms with Crippen molar-refractivity contribution in [1.29, 1.82) is 0 Å². The molecule has 0 spiro atoms. The highest BCUT2D eigenvalue weighted by Crippen LogP contribution is 2.07. The standard InChI is InChI=1S/C6H6N4S/c1-3-8-5-4(2-7-10-5)6(11)9-3/h2H,1H3,(H2,7,8,9,10,11). The van der Waals surface area contributed by atoms with Gasteiger partial charge in [0.15, 0.2) is 0 Å². The molecule has 11 heavy (non-hydrogen) atoms. The van der Waals surface area contributed by atoms with E-state index in [1.54, 1.807) is 6.20 Å². The zero-order valence-electron chi connectivity index (χ0n) is 5.88. The Kier molecular flexibility index (Phi) is 1.25. The summed E-state index contributed by atoms with van der Waals surface area (Å²) in [6.07, 6.45) is 1.67. The third-order valence-electron chi connectivity index (χ3n) is 1.44. The van der Waals surface area contributed by atoms with Crippen LogP contribution in [0.2, 0.25) is 0 Å². The molecule has 56 valence electrons. The molecule has 0 atom stereocenters. The Balaban J connectivity index is 3.02. The van der Waals surface area contributed by atoms with E-state index in [4.69, 9.17) is 12.2 Å². The van der Waals surface area contributed by atoms with Gasteiger partial charge in [-0.1, -0.05) is 12.2 Å². The van der Waals surface area contributed by atoms with Gasteiger partial charge in [0.2, 0.25) is 0 Å². The Morgan fingerprint density at radius 3 is 3.18 bits per heavy atom. The van der Waals surface area contributed by atoms with Crippen molar-refractivity contribution >= 4 is 23.3 Å². The van der Waals surface area contributed by atoms with E-state index in [1.807, 2.05) is 6.92 Å². The van der Waals surface area contributed by atoms with Gasteiger partial charge in [0.25, 0.3) is 0 Å². The molecule has 2 heterocycles. The smallest absolute Gasteiger partial charge is 0.140 e. The van der Waals surface area contributed by atoms with Crippen LogP contribution >= 0.6 is 12.2 Å². The van der Waals surface area contributed by atoms with Gasteiger partial charge in [-0.25, -0.2) is 4.98 Å². The first kappa shape index (κ1) is 6.48. The largest absolute Gasteiger partial charge is 0.328 e. The normalized spacial score (nSPS) is 10.6. The molecule has 2 N–H and O–H groups in total. The van der Waals surface area contributed by atoms with Crippen LogP contribution in [0.1, 0.15) is 5.82 Å². The summed E-state index contributed by atoms with van der Waals surface area (Å²) < 4.78 is 0.588. The maximum Gasteiger partial charge on any atom is 0.140 e. The highest BCUT2D eigenvalue weighted by Gasteiger charge is 1.97. The molecule has 0 unspecified atom stereocenters. The monoisotopic (exact) mass is 166 g/mol. The number of nitrogens with one attached hydrogen (secondary N) is 2. The van der Waals surface area contributed by atoms with Gasteiger partial charge in [-0.3, -0.25) is 5.10 Å². The first-order valence-electron chi connectivity index (χ1n) is 3.17. The van der Waals surface area contributed by atoms with Crippen molar-refractivity contribution in [2.75, 3.05) is 0 Å². The van der Waals surface area contributed by atoms with Crippen molar-refractivity contribution in [2.45, 2.75) is 6.92 Å². The SMILES string of the molecule is Cc1nc(=S)c2cn[nH]c2[nH]1. The minimum atomic E-state index is 0.588. The summed E-state index contributed by atoms with van der Waals surface area (Å²) in [5, 5.41) is 7.50. The van der Waals surface area contributed by atoms with Gasteiger partial charge < -0.3 is 4.98 Å². The third-order valence-corrected chi connectivity index (χ3v) is 1.76. The van der Waals surface area contributed by atoms with Crippen molar-refractivity contribution in [3.8, 4) is 0 Å². The summed E-state index contributed by atoms with van der Waals surface area (Å²) in [5.74, 6) is 0.798. The molecule has 0 amide bonds. The number of hydrogen-bond donors (Lipinski definition) is 2. The molecule has 0 fully saturated rings. The second kappa shape index (κ2) is 2.13. The minimum absolute atomic E-state index is 0.588. The van der Waals surface area contributed by atoms with Crippen LogP contribution in [-0.4, -0.2) is 20.2 Å². The highest BCUT2D eigenvalue weighted by molar-refractivity contribution is 7.71. The van der Waals surface area contributed by atoms with E-state index in [2.05, 4.69) is 20.2 Å². The molecular formula is C6H6N4S. The van der Waals surface area contributed by atoms with E-state index >= 15 is 0 Å². The Bertz CT molecular complexity index is 441. The van der Waals surface area contributed by atoms with Crippen molar-refractivity contribution in [2.24, 2.45) is 0 Å². The number of nitrogens with zero attached hydrogens (tertiary/aromatic N) is 2. The van der Waals surface area contributed by atoms with E-state index in [1.165, 1.54) is 0 Å². The fourth-order valence-corrected chi connectivity index (χ4v) is 1.26. The van der Waals surface area contributed by atoms with Gasteiger partial charge in [0, 0.05) is 0 Å². The van der Waals surface area contributed by atoms with Gasteiger partial charge in [0.05, 0.1) is 11.6 Å². The fourth-order valence-electron chi connectivity index (χ4n) is 0.965. The molecule has 0 radical (unpaired) electrons. The zero-order chi connectivity index (χ0) is 7.84. The molecule has 0 bridgehead atoms. The van der Waals surface area contributed by atoms with Crippen LogP contribution in [-0.2, 0) is 0 Å². The summed E-state index contributed by atoms with van der Waals surface area (Å²) in [7, 11) is 0. The molecular weight excluding hydrogens is 160 g/mol. The molecule has 2 rings (SSSR count). The van der Waals surface area contributed by atoms with Gasteiger partial charge in [-0.15, -0.1) is 0 Å². The lowest BCUT2D eigenvalue weighted by atomic mass is 10.4. The van der Waals surface area contributed by atoms with Crippen molar-refractivity contribution in [3.05, 3.63) is 16.7 Å². The first-order valence-corrected chi connectivity index (χ1v) is 3.58. The predicted molar refractivity (Wildman–Crippen MR) is 43.8 cm³/mol. The number of H-pyrrole nitrogens is 2. The Labute approximate surface area is 67.7 Å². The van der Waals surface area contributed by atoms with Gasteiger partial charge in [0.1, 0.15) is 16.1 Å². The summed E-state index contributed by atoms with van der Waals surface area (Å²) >= 11 is 5.00. The average molecular weight is 166 g/mol. The van der Waals surface area contributed by atoms with E-state index in [-0.39, 0.29) is 0 Å². The molecule has 0 aliphatic rings. The zero-order valence-corrected chi connectivity index (χ0v) is 6.70. The molecule has 0 aliphatic heterocycles. The number of hydrogen-bond acceptors (Lipinski definition) is 3. The molecule has 4 nitrogen and oxygen atoms in total. The second-order valence-corrected chi connectivity index (χ2v) is 2.67. The number of aromatic nitrogens is 4. The quantitative estimate of drug-likeness (QED) is 0.580. The predicted octanol–water partition coefficient (Wildman–Crippen LogP) is 1.32. The second-order valence-electron chi connectivity index (χ2n) is 2.29. The van der Waals surface area contributed by atoms with Crippen LogP contribution in [0.25, 0.3) is 11.0 Å². The maximum atomic E-state index is 5.00. The molecule has 0 aliphatic carbocycles. The van der Waals surface area contributed by atoms with E-state index in [9.17, 15) is 0 Å². The topological polar surface area (TPSA) is 57.4 Å². The van der Waals surface area contributed by atoms with E-state index in [0.29, 0.717) is 4.64 Å². The number of aromatic amines is 2. The van der Waals surface area contributed by atoms with Crippen LogP contribution in [0.15, 0.2) is 6.20 Å². The van der Waals surface area contributed by atoms with Crippen molar-refractivity contribution in [1.82, 2.24) is 20.2 Å². The minimum Gasteiger partial charge on any atom is -0.328 e. The Morgan fingerprint density at radius 2 is 2.36 bits per heavy atom. The Morgan fingerprint density at radius 1 is 1.55 bits per heavy atom. The number of rotatable bonds is 0. The lowest BCUT2D eigenvalue weighted by molar-refractivity contribution is 1.04. The van der Waals surface area contributed by atoms with Crippen LogP contribution in [0.5, 0.6) is 0 Å². The highest BCUT2D eigenvalue weighted by atomic mass is 32.1. The lowest BCUT2D eigenvalue weighted by Crippen LogP contribution is -1.87. The summed E-state index contributed by atoms with van der Waals surface area (Å²) in [6, 6.07) is 0. The lowest BCUT2D eigenvalue weighted by Gasteiger charge is -1.91. The fraction of sp³-hybridized carbons (Fsp3) is 0.167. The molecule has 0 aromatic carbocycles. The molecule has 0 saturated carbocycles. The van der Waals surface area contributed by atoms with Gasteiger partial charge in [-0.05, 0) is 6.92 Å². The molecule has 2 aromatic heterocycles. The van der Waals surface area contributed by atoms with Crippen molar-refractivity contribution < 1.29 is 0 Å². The number of fused-ring (bicyclic) bond motifs is 1. The van der Waals surface area contributed by atoms with Crippen molar-refractivity contribution in [3.63, 3.8) is 0 Å². The molecule has 2 aromatic rings. The van der Waals surface area contributed by atoms with Gasteiger partial charge in [-0.2, -0.15) is 5.10 Å². The van der Waals surface area contributed by atoms with Crippen LogP contribution < -0.4 is 0 Å². The summed E-state index contributed by atoms with van der Waals surface area (Å²) in [6.45, 7) is 1.86. The Hall–Kier alpha value is -1.23. The first-order chi connectivity index (χ1) is 5.27. The summed E-state index contributed by atoms with van der Waals surface area (Å²) in [4.78, 5) is 7.09. The maximum absolute atomic E-state index is 5.00. The average Bonchev–Trinajstić information content (AvgIpc) is 2.34. The van der Waals surface area contributed by atoms with Gasteiger partial charge >= 0.3 is 0 Å². The molecule has 5 heteroatoms. The van der Waals surface area contributed by atoms with Crippen LogP contribution in [0.3, 0.4) is 0 Å². The van der Waals surface area contributed by atoms with E-state index < -0.39 is 0 Å². The van der Waals surface area contributed by atoms with Crippen LogP contribution in [0, 0.1) is 11.6 Å². The van der Waals surface area contributed by atoms with E-state index in [0.717, 1.165) is 16.9 Å². The third kappa shape index (κ3) is 0.932. The van der Waals surface area contributed by atoms with Crippen LogP contribution in [0.4, 0.5) is 0 Å². The summed E-state index contributed by atoms with van der Waals surface area (Å²) in [5.41, 5.74) is 0.836. The number of aryl methyl sites for hydroxylation is 1.